The number of aromatic hydroxyl groups is 1. The molecule has 11 atom stereocenters. The van der Waals surface area contributed by atoms with E-state index in [1.54, 1.807) is 40.7 Å². The summed E-state index contributed by atoms with van der Waals surface area (Å²) < 4.78 is 56.6. The Bertz CT molecular complexity index is 2890. The van der Waals surface area contributed by atoms with Crippen LogP contribution in [-0.4, -0.2) is 128 Å². The fraction of sp³-hybridized carbons (Fsp3) is 0.500. The maximum absolute atomic E-state index is 14.9. The number of Topliss-reactive ketones (excluding diaryl/α,β-unsaturated/α-hetero) is 1. The molecule has 18 nitrogen and oxygen atoms in total. The number of likely N-dealkylation sites (N-methyl/N-ethyl adjacent to an activating group) is 1. The zero-order chi connectivity index (χ0) is 51.1. The molecule has 1 unspecified atom stereocenters. The SMILES string of the molecule is CO[C@H]1/C=C/O[C@@H](O)C2c3c(C)c(O)c4c(=O)c(c5oc6cc(OCCN(C)C)cc(S(C)(=O)=O)c6nc-5c4c3C(=O)[C@@H]2C)NC(=O)/C(C)=C\C=C\[C@H](C)[C@H](O)[C@@H](C)[C@@H](O)[C@@H](C)[C@H](OC(C)=O)[C@@H]1C. The lowest BCUT2D eigenvalue weighted by atomic mass is 9.78. The molecule has 1 amide bonds. The van der Waals surface area contributed by atoms with Gasteiger partial charge in [0.25, 0.3) is 5.91 Å². The number of aliphatic hydroxyl groups excluding tert-OH is 3. The van der Waals surface area contributed by atoms with E-state index in [1.807, 2.05) is 19.0 Å². The molecule has 0 fully saturated rings. The Morgan fingerprint density at radius 2 is 1.64 bits per heavy atom. The number of methoxy groups -OCH3 is 1. The molecule has 2 heterocycles. The van der Waals surface area contributed by atoms with Crippen LogP contribution in [0.15, 0.2) is 62.4 Å². The molecule has 0 radical (unpaired) electrons. The van der Waals surface area contributed by atoms with Gasteiger partial charge in [0.15, 0.2) is 27.0 Å². The largest absolute Gasteiger partial charge is 0.507 e. The molecule has 2 aliphatic carbocycles. The van der Waals surface area contributed by atoms with Gasteiger partial charge in [-0.15, -0.1) is 0 Å². The molecule has 374 valence electrons. The van der Waals surface area contributed by atoms with Crippen LogP contribution in [0.5, 0.6) is 11.5 Å². The third-order valence-electron chi connectivity index (χ3n) is 13.5. The maximum Gasteiger partial charge on any atom is 0.302 e. The van der Waals surface area contributed by atoms with Crippen molar-refractivity contribution in [2.45, 2.75) is 96.9 Å². The van der Waals surface area contributed by atoms with E-state index in [0.29, 0.717) is 6.54 Å². The first-order chi connectivity index (χ1) is 32.3. The Morgan fingerprint density at radius 3 is 2.26 bits per heavy atom. The Balaban J connectivity index is 1.65. The minimum atomic E-state index is -4.08. The molecule has 5 N–H and O–H groups in total. The average Bonchev–Trinajstić information content (AvgIpc) is 3.55. The number of hydrogen-bond donors (Lipinski definition) is 5. The van der Waals surface area contributed by atoms with Crippen molar-refractivity contribution in [1.82, 2.24) is 9.88 Å². The van der Waals surface area contributed by atoms with Crippen molar-refractivity contribution in [3.63, 3.8) is 0 Å². The predicted octanol–water partition coefficient (Wildman–Crippen LogP) is 5.24. The molecular formula is C50H63N3O15S. The number of phenols is 1. The minimum Gasteiger partial charge on any atom is -0.507 e. The van der Waals surface area contributed by atoms with Gasteiger partial charge >= 0.3 is 5.97 Å². The summed E-state index contributed by atoms with van der Waals surface area (Å²) in [6.45, 7) is 13.2. The molecular weight excluding hydrogens is 915 g/mol. The van der Waals surface area contributed by atoms with Gasteiger partial charge < -0.3 is 54.0 Å². The number of hydrogen-bond acceptors (Lipinski definition) is 17. The number of phenolic OH excluding ortho intramolecular Hbond substituents is 1. The van der Waals surface area contributed by atoms with Crippen LogP contribution in [-0.2, 0) is 33.6 Å². The third kappa shape index (κ3) is 10.3. The number of carbonyl (C=O) groups is 3. The van der Waals surface area contributed by atoms with E-state index in [9.17, 15) is 48.0 Å². The summed E-state index contributed by atoms with van der Waals surface area (Å²) in [6.07, 6.45) is 2.39. The van der Waals surface area contributed by atoms with Crippen LogP contribution in [0.2, 0.25) is 0 Å². The highest BCUT2D eigenvalue weighted by molar-refractivity contribution is 7.91. The fourth-order valence-electron chi connectivity index (χ4n) is 9.46. The lowest BCUT2D eigenvalue weighted by Gasteiger charge is -2.38. The zero-order valence-electron chi connectivity index (χ0n) is 40.9. The van der Waals surface area contributed by atoms with Gasteiger partial charge in [-0.3, -0.25) is 19.2 Å². The molecule has 4 aliphatic rings. The van der Waals surface area contributed by atoms with Gasteiger partial charge in [0.1, 0.15) is 41.1 Å². The lowest BCUT2D eigenvalue weighted by molar-refractivity contribution is -0.160. The maximum atomic E-state index is 14.9. The van der Waals surface area contributed by atoms with Gasteiger partial charge in [0, 0.05) is 85.1 Å². The number of carbonyl (C=O) groups excluding carboxylic acids is 3. The first-order valence-corrected chi connectivity index (χ1v) is 24.6. The Morgan fingerprint density at radius 1 is 0.957 bits per heavy atom. The second-order valence-electron chi connectivity index (χ2n) is 18.7. The Kier molecular flexibility index (Phi) is 15.8. The number of aliphatic hydroxyl groups is 3. The highest BCUT2D eigenvalue weighted by Gasteiger charge is 2.47. The molecule has 0 saturated carbocycles. The van der Waals surface area contributed by atoms with Crippen LogP contribution >= 0.6 is 0 Å². The number of nitrogens with zero attached hydrogens (tertiary/aromatic N) is 2. The molecule has 6 rings (SSSR count). The van der Waals surface area contributed by atoms with E-state index < -0.39 is 116 Å². The number of amides is 1. The summed E-state index contributed by atoms with van der Waals surface area (Å²) in [5.74, 6) is -7.70. The van der Waals surface area contributed by atoms with Crippen molar-refractivity contribution in [1.29, 1.82) is 0 Å². The standard InChI is InChI=1S/C50H63N3O15S/c1-22-14-13-15-23(2)49(60)52-41-46(59)38-36(40-48(41)68-32-20-30(65-19-17-53(9)10)21-33(39(32)51-40)69(12,62)63)37-34(25(4)45(38)58)35(26(5)44(37)57)50(61)66-18-16-31(64-11)24(3)47(67-29(8)54)28(7)43(56)27(6)42(22)55/h13-16,18,20-22,24,26-28,31,35,42-43,47,50,55-56,58,61H,17,19H2,1-12H3,(H,52,60)/b14-13+,18-16+,23-15-/t22-,24+,26+,27+,28+,31-,35?,42-,43+,47+,50+/m0/s1. The van der Waals surface area contributed by atoms with Crippen LogP contribution in [0.3, 0.4) is 0 Å². The van der Waals surface area contributed by atoms with Crippen LogP contribution in [0.1, 0.15) is 75.9 Å². The minimum absolute atomic E-state index is 0.0482. The summed E-state index contributed by atoms with van der Waals surface area (Å²) in [7, 11) is 1.00. The monoisotopic (exact) mass is 977 g/mol. The highest BCUT2D eigenvalue weighted by Crippen LogP contribution is 2.51. The van der Waals surface area contributed by atoms with Gasteiger partial charge in [-0.2, -0.15) is 0 Å². The second kappa shape index (κ2) is 20.7. The van der Waals surface area contributed by atoms with Gasteiger partial charge in [-0.1, -0.05) is 52.8 Å². The average molecular weight is 978 g/mol. The molecule has 19 heteroatoms. The Labute approximate surface area is 400 Å². The number of rotatable bonds is 7. The molecule has 0 saturated heterocycles. The number of fused-ring (bicyclic) bond motifs is 7. The third-order valence-corrected chi connectivity index (χ3v) is 14.6. The van der Waals surface area contributed by atoms with Gasteiger partial charge in [-0.05, 0) is 45.1 Å². The molecule has 2 aromatic rings. The van der Waals surface area contributed by atoms with Crippen molar-refractivity contribution in [2.24, 2.45) is 29.6 Å². The summed E-state index contributed by atoms with van der Waals surface area (Å²) in [6, 6.07) is 2.68. The van der Waals surface area contributed by atoms with Crippen molar-refractivity contribution < 1.29 is 66.6 Å². The summed E-state index contributed by atoms with van der Waals surface area (Å²) in [5.41, 5.74) is -1.88. The second-order valence-corrected chi connectivity index (χ2v) is 20.7. The predicted molar refractivity (Wildman–Crippen MR) is 257 cm³/mol. The smallest absolute Gasteiger partial charge is 0.302 e. The lowest BCUT2D eigenvalue weighted by Crippen LogP contribution is -2.46. The molecule has 0 aromatic heterocycles. The molecule has 0 spiro atoms. The van der Waals surface area contributed by atoms with E-state index in [2.05, 4.69) is 5.32 Å². The number of ketones is 1. The molecule has 2 aromatic carbocycles. The normalized spacial score (nSPS) is 29.2. The molecule has 2 aliphatic heterocycles. The number of esters is 1. The van der Waals surface area contributed by atoms with Gasteiger partial charge in [0.2, 0.25) is 11.7 Å². The number of nitrogens with one attached hydrogen (secondary N) is 1. The number of anilines is 1. The summed E-state index contributed by atoms with van der Waals surface area (Å²) in [4.78, 5) is 62.4. The van der Waals surface area contributed by atoms with Crippen molar-refractivity contribution in [2.75, 3.05) is 45.9 Å². The number of allylic oxidation sites excluding steroid dienone is 2. The number of ether oxygens (including phenoxy) is 4. The van der Waals surface area contributed by atoms with E-state index >= 15 is 0 Å². The Hall–Kier alpha value is -5.70. The van der Waals surface area contributed by atoms with E-state index in [1.165, 1.54) is 64.5 Å². The first kappa shape index (κ1) is 52.7. The molecule has 69 heavy (non-hydrogen) atoms. The summed E-state index contributed by atoms with van der Waals surface area (Å²) >= 11 is 0. The van der Waals surface area contributed by atoms with Gasteiger partial charge in [0.05, 0.1) is 40.8 Å². The van der Waals surface area contributed by atoms with Crippen molar-refractivity contribution in [3.05, 3.63) is 75.2 Å². The summed E-state index contributed by atoms with van der Waals surface area (Å²) in [5, 5.41) is 48.9. The van der Waals surface area contributed by atoms with Crippen LogP contribution in [0.4, 0.5) is 5.69 Å². The topological polar surface area (TPSA) is 262 Å². The number of benzene rings is 3. The van der Waals surface area contributed by atoms with Crippen molar-refractivity contribution in [3.8, 4) is 23.0 Å². The first-order valence-electron chi connectivity index (χ1n) is 22.7. The quantitative estimate of drug-likeness (QED) is 0.0901. The molecule has 3 bridgehead atoms. The van der Waals surface area contributed by atoms with Crippen LogP contribution < -0.4 is 15.5 Å². The highest BCUT2D eigenvalue weighted by atomic mass is 32.2. The van der Waals surface area contributed by atoms with E-state index in [-0.39, 0.29) is 67.5 Å². The fourth-order valence-corrected chi connectivity index (χ4v) is 10.3. The number of sulfone groups is 1. The van der Waals surface area contributed by atoms with E-state index in [4.69, 9.17) is 28.3 Å². The van der Waals surface area contributed by atoms with Crippen LogP contribution in [0.25, 0.3) is 33.3 Å². The number of aromatic nitrogens is 1. The van der Waals surface area contributed by atoms with Gasteiger partial charge in [-0.25, -0.2) is 13.4 Å². The van der Waals surface area contributed by atoms with Crippen molar-refractivity contribution >= 4 is 55.1 Å². The van der Waals surface area contributed by atoms with Crippen LogP contribution in [0, 0.1) is 36.5 Å². The zero-order valence-corrected chi connectivity index (χ0v) is 41.7. The van der Waals surface area contributed by atoms with E-state index in [0.717, 1.165) is 6.26 Å².